The van der Waals surface area contributed by atoms with Gasteiger partial charge in [-0.1, -0.05) is 13.8 Å². The second kappa shape index (κ2) is 17.1. The highest BCUT2D eigenvalue weighted by molar-refractivity contribution is 5.58. The van der Waals surface area contributed by atoms with E-state index in [1.807, 2.05) is 18.2 Å². The Bertz CT molecular complexity index is 2080. The number of hydrogen-bond donors (Lipinski definition) is 3. The van der Waals surface area contributed by atoms with E-state index in [1.165, 1.54) is 0 Å². The molecule has 1 atom stereocenters. The number of rotatable bonds is 11. The van der Waals surface area contributed by atoms with Gasteiger partial charge in [0.2, 0.25) is 11.9 Å². The van der Waals surface area contributed by atoms with Crippen molar-refractivity contribution < 1.29 is 22.0 Å². The van der Waals surface area contributed by atoms with Crippen molar-refractivity contribution in [2.45, 2.75) is 101 Å². The molecule has 0 spiro atoms. The van der Waals surface area contributed by atoms with Crippen LogP contribution in [-0.4, -0.2) is 99.6 Å². The molecule has 0 aliphatic carbocycles. The van der Waals surface area contributed by atoms with Gasteiger partial charge in [-0.05, 0) is 107 Å². The Morgan fingerprint density at radius 1 is 0.780 bits per heavy atom. The largest absolute Gasteiger partial charge is 0.416 e. The molecule has 3 N–H and O–H groups in total. The quantitative estimate of drug-likeness (QED) is 0.127. The van der Waals surface area contributed by atoms with E-state index < -0.39 is 24.2 Å². The standard InChI is InChI=1S/C42H53F5N12/c1-26(2)29-19-31(50-36(20-29)54-38-23-33(27-6-12-48-13-7-27)51-39(55-38)58-18-11-41(43,44)25-58)22-32-5-4-15-59(32)40-52-34(28-9-16-57(3)17-10-28)24-37(56-40)53-35-21-30(8-14-49-35)42(45,46)47/h8,14,19-21,23-24,26-28,32,48H,4-7,9-13,15-18,22,25H2,1-3H3,(H,49,52,53,56)(H,50,51,54,55)/t32-/m0/s1. The average molecular weight is 821 g/mol. The van der Waals surface area contributed by atoms with E-state index in [9.17, 15) is 22.0 Å². The number of aromatic nitrogens is 6. The number of likely N-dealkylation sites (tertiary alicyclic amines) is 1. The molecule has 0 saturated carbocycles. The van der Waals surface area contributed by atoms with Crippen molar-refractivity contribution in [2.75, 3.05) is 73.3 Å². The van der Waals surface area contributed by atoms with Gasteiger partial charge < -0.3 is 30.7 Å². The molecule has 0 bridgehead atoms. The van der Waals surface area contributed by atoms with Gasteiger partial charge in [-0.2, -0.15) is 23.1 Å². The summed E-state index contributed by atoms with van der Waals surface area (Å²) in [6.07, 6.45) is 2.45. The summed E-state index contributed by atoms with van der Waals surface area (Å²) in [7, 11) is 2.10. The molecule has 316 valence electrons. The van der Waals surface area contributed by atoms with Gasteiger partial charge in [0.25, 0.3) is 5.92 Å². The van der Waals surface area contributed by atoms with Crippen LogP contribution in [0.5, 0.6) is 0 Å². The minimum absolute atomic E-state index is 0.0130. The Balaban J connectivity index is 1.08. The van der Waals surface area contributed by atoms with Crippen LogP contribution in [-0.2, 0) is 12.6 Å². The number of nitrogens with one attached hydrogen (secondary N) is 3. The van der Waals surface area contributed by atoms with Crippen LogP contribution in [0, 0.1) is 0 Å². The zero-order valence-electron chi connectivity index (χ0n) is 33.9. The fourth-order valence-corrected chi connectivity index (χ4v) is 8.65. The van der Waals surface area contributed by atoms with Crippen LogP contribution in [0.4, 0.5) is 57.1 Å². The molecule has 0 aromatic carbocycles. The summed E-state index contributed by atoms with van der Waals surface area (Å²) in [5, 5.41) is 9.90. The van der Waals surface area contributed by atoms with E-state index in [0.29, 0.717) is 35.8 Å². The lowest BCUT2D eigenvalue weighted by Gasteiger charge is -2.30. The second-order valence-electron chi connectivity index (χ2n) is 16.9. The van der Waals surface area contributed by atoms with E-state index >= 15 is 0 Å². The molecule has 4 aromatic heterocycles. The highest BCUT2D eigenvalue weighted by Gasteiger charge is 2.40. The first-order valence-electron chi connectivity index (χ1n) is 20.9. The number of pyridine rings is 2. The first-order valence-corrected chi connectivity index (χ1v) is 20.9. The summed E-state index contributed by atoms with van der Waals surface area (Å²) in [4.78, 5) is 34.9. The molecule has 4 saturated heterocycles. The molecule has 17 heteroatoms. The van der Waals surface area contributed by atoms with Crippen LogP contribution in [0.3, 0.4) is 0 Å². The lowest BCUT2D eigenvalue weighted by molar-refractivity contribution is -0.137. The molecule has 12 nitrogen and oxygen atoms in total. The van der Waals surface area contributed by atoms with E-state index in [-0.39, 0.29) is 42.6 Å². The van der Waals surface area contributed by atoms with Gasteiger partial charge in [-0.3, -0.25) is 0 Å². The Morgan fingerprint density at radius 2 is 1.44 bits per heavy atom. The van der Waals surface area contributed by atoms with Crippen molar-refractivity contribution in [3.05, 3.63) is 70.8 Å². The molecule has 59 heavy (non-hydrogen) atoms. The fraction of sp³-hybridized carbons (Fsp3) is 0.571. The van der Waals surface area contributed by atoms with Crippen molar-refractivity contribution in [3.8, 4) is 0 Å². The maximum absolute atomic E-state index is 14.3. The van der Waals surface area contributed by atoms with Crippen molar-refractivity contribution in [1.29, 1.82) is 0 Å². The molecule has 8 heterocycles. The minimum atomic E-state index is -4.50. The molecule has 0 radical (unpaired) electrons. The smallest absolute Gasteiger partial charge is 0.337 e. The van der Waals surface area contributed by atoms with E-state index in [0.717, 1.165) is 112 Å². The number of hydrogen-bond acceptors (Lipinski definition) is 12. The third-order valence-corrected chi connectivity index (χ3v) is 12.1. The predicted octanol–water partition coefficient (Wildman–Crippen LogP) is 8.02. The summed E-state index contributed by atoms with van der Waals surface area (Å²) in [5.74, 6) is 0.226. The van der Waals surface area contributed by atoms with E-state index in [1.54, 1.807) is 4.90 Å². The topological polar surface area (TPSA) is 123 Å². The SMILES string of the molecule is CC(C)c1cc(C[C@@H]2CCCN2c2nc(Nc3cc(C(F)(F)F)ccn3)cc(C3CCN(C)CC3)n2)nc(Nc2cc(C3CCNCC3)nc(N3CCC(F)(F)C3)n2)c1. The molecule has 4 fully saturated rings. The first kappa shape index (κ1) is 41.0. The third kappa shape index (κ3) is 9.99. The number of alkyl halides is 5. The minimum Gasteiger partial charge on any atom is -0.337 e. The Morgan fingerprint density at radius 3 is 2.12 bits per heavy atom. The lowest BCUT2D eigenvalue weighted by Crippen LogP contribution is -2.34. The highest BCUT2D eigenvalue weighted by Crippen LogP contribution is 2.36. The lowest BCUT2D eigenvalue weighted by atomic mass is 9.93. The van der Waals surface area contributed by atoms with Gasteiger partial charge in [0.15, 0.2) is 0 Å². The third-order valence-electron chi connectivity index (χ3n) is 12.1. The van der Waals surface area contributed by atoms with Crippen LogP contribution in [0.25, 0.3) is 0 Å². The number of piperidine rings is 2. The monoisotopic (exact) mass is 820 g/mol. The van der Waals surface area contributed by atoms with Gasteiger partial charge >= 0.3 is 6.18 Å². The van der Waals surface area contributed by atoms with Gasteiger partial charge in [-0.25, -0.2) is 28.7 Å². The Hall–Kier alpha value is -4.77. The summed E-state index contributed by atoms with van der Waals surface area (Å²) in [5.41, 5.74) is 2.88. The van der Waals surface area contributed by atoms with E-state index in [4.69, 9.17) is 24.9 Å². The number of halogens is 5. The zero-order valence-corrected chi connectivity index (χ0v) is 33.9. The van der Waals surface area contributed by atoms with Gasteiger partial charge in [0.1, 0.15) is 23.3 Å². The summed E-state index contributed by atoms with van der Waals surface area (Å²) in [6, 6.07) is 9.90. The van der Waals surface area contributed by atoms with Crippen LogP contribution >= 0.6 is 0 Å². The van der Waals surface area contributed by atoms with E-state index in [2.05, 4.69) is 57.7 Å². The Labute approximate surface area is 341 Å². The number of nitrogens with zero attached hydrogens (tertiary/aromatic N) is 9. The van der Waals surface area contributed by atoms with Gasteiger partial charge in [0, 0.05) is 67.8 Å². The number of anilines is 6. The van der Waals surface area contributed by atoms with Gasteiger partial charge in [-0.15, -0.1) is 0 Å². The first-order chi connectivity index (χ1) is 28.2. The van der Waals surface area contributed by atoms with Gasteiger partial charge in [0.05, 0.1) is 23.5 Å². The zero-order chi connectivity index (χ0) is 41.3. The summed E-state index contributed by atoms with van der Waals surface area (Å²) in [6.45, 7) is 8.35. The molecular weight excluding hydrogens is 768 g/mol. The molecular formula is C42H53F5N12. The molecule has 4 aliphatic rings. The summed E-state index contributed by atoms with van der Waals surface area (Å²) >= 11 is 0. The molecule has 0 amide bonds. The maximum Gasteiger partial charge on any atom is 0.416 e. The van der Waals surface area contributed by atoms with Crippen LogP contribution in [0.1, 0.15) is 105 Å². The van der Waals surface area contributed by atoms with Crippen LogP contribution in [0.15, 0.2) is 42.6 Å². The average Bonchev–Trinajstić information content (AvgIpc) is 3.83. The molecule has 4 aromatic rings. The van der Waals surface area contributed by atoms with Crippen molar-refractivity contribution >= 4 is 35.2 Å². The Kier molecular flexibility index (Phi) is 11.9. The van der Waals surface area contributed by atoms with Crippen molar-refractivity contribution in [2.24, 2.45) is 0 Å². The molecule has 4 aliphatic heterocycles. The predicted molar refractivity (Wildman–Crippen MR) is 218 cm³/mol. The maximum atomic E-state index is 14.3. The summed E-state index contributed by atoms with van der Waals surface area (Å²) < 4.78 is 69.5. The second-order valence-corrected chi connectivity index (χ2v) is 16.9. The fourth-order valence-electron chi connectivity index (χ4n) is 8.65. The van der Waals surface area contributed by atoms with Crippen molar-refractivity contribution in [3.63, 3.8) is 0 Å². The van der Waals surface area contributed by atoms with Crippen molar-refractivity contribution in [1.82, 2.24) is 40.1 Å². The highest BCUT2D eigenvalue weighted by atomic mass is 19.4. The van der Waals surface area contributed by atoms with Crippen LogP contribution in [0.2, 0.25) is 0 Å². The molecule has 8 rings (SSSR count). The van der Waals surface area contributed by atoms with Crippen LogP contribution < -0.4 is 25.8 Å². The normalized spacial score (nSPS) is 20.8. The molecule has 0 unspecified atom stereocenters.